The van der Waals surface area contributed by atoms with Crippen molar-refractivity contribution in [2.24, 2.45) is 5.92 Å². The molecule has 1 fully saturated rings. The Balaban J connectivity index is 1.77. The number of sulfonamides is 1. The first-order valence-electron chi connectivity index (χ1n) is 8.36. The first-order chi connectivity index (χ1) is 12.3. The highest BCUT2D eigenvalue weighted by molar-refractivity contribution is 7.90. The van der Waals surface area contributed by atoms with Crippen LogP contribution < -0.4 is 4.72 Å². The van der Waals surface area contributed by atoms with Crippen LogP contribution in [0, 0.1) is 19.8 Å². The molecule has 1 aromatic carbocycles. The van der Waals surface area contributed by atoms with Crippen LogP contribution in [0.5, 0.6) is 0 Å². The van der Waals surface area contributed by atoms with E-state index in [-0.39, 0.29) is 5.92 Å². The highest BCUT2D eigenvalue weighted by Gasteiger charge is 2.38. The average Bonchev–Trinajstić information content (AvgIpc) is 3.35. The van der Waals surface area contributed by atoms with Crippen molar-refractivity contribution in [1.29, 1.82) is 0 Å². The van der Waals surface area contributed by atoms with Crippen molar-refractivity contribution in [2.75, 3.05) is 0 Å². The molecule has 0 spiro atoms. The minimum absolute atomic E-state index is 0.236. The van der Waals surface area contributed by atoms with Gasteiger partial charge < -0.3 is 0 Å². The Hall–Kier alpha value is -1.54. The third kappa shape index (κ3) is 3.36. The maximum absolute atomic E-state index is 13.2. The van der Waals surface area contributed by atoms with E-state index in [0.29, 0.717) is 21.1 Å². The first-order valence-corrected chi connectivity index (χ1v) is 11.0. The number of fused-ring (bicyclic) bond motifs is 1. The van der Waals surface area contributed by atoms with E-state index in [1.54, 1.807) is 24.4 Å². The summed E-state index contributed by atoms with van der Waals surface area (Å²) < 4.78 is 30.2. The van der Waals surface area contributed by atoms with Gasteiger partial charge in [0.1, 0.15) is 10.7 Å². The quantitative estimate of drug-likeness (QED) is 0.680. The van der Waals surface area contributed by atoms with Gasteiger partial charge in [0.05, 0.1) is 6.04 Å². The zero-order valence-corrected chi connectivity index (χ0v) is 16.7. The Kier molecular flexibility index (Phi) is 4.51. The topological polar surface area (TPSA) is 72.0 Å². The lowest BCUT2D eigenvalue weighted by molar-refractivity contribution is 0.510. The molecule has 8 heteroatoms. The third-order valence-corrected chi connectivity index (χ3v) is 7.58. The van der Waals surface area contributed by atoms with Crippen molar-refractivity contribution >= 4 is 43.0 Å². The van der Waals surface area contributed by atoms with E-state index in [1.807, 2.05) is 19.9 Å². The molecule has 0 aliphatic heterocycles. The van der Waals surface area contributed by atoms with Crippen LogP contribution in [0.25, 0.3) is 10.1 Å². The molecule has 26 heavy (non-hydrogen) atoms. The molecule has 0 amide bonds. The van der Waals surface area contributed by atoms with Gasteiger partial charge in [0.25, 0.3) is 0 Å². The van der Waals surface area contributed by atoms with E-state index in [2.05, 4.69) is 14.7 Å². The van der Waals surface area contributed by atoms with Crippen LogP contribution in [0.1, 0.15) is 35.3 Å². The minimum Gasteiger partial charge on any atom is -0.240 e. The molecule has 0 saturated heterocycles. The molecular formula is C18H18ClN3O2S2. The van der Waals surface area contributed by atoms with E-state index in [4.69, 9.17) is 11.6 Å². The van der Waals surface area contributed by atoms with E-state index in [1.165, 1.54) is 11.3 Å². The Morgan fingerprint density at radius 2 is 2.04 bits per heavy atom. The summed E-state index contributed by atoms with van der Waals surface area (Å²) in [6, 6.07) is 6.74. The van der Waals surface area contributed by atoms with Gasteiger partial charge in [-0.3, -0.25) is 0 Å². The standard InChI is InChI=1S/C18H18ClN3O2S2/c1-10-7-8-20-18(21-10)16(12-3-4-12)22-26(23,24)17-11(2)25-15-6-5-13(19)9-14(15)17/h5-9,12,16,22H,3-4H2,1-2H3/t16-/m1/s1. The molecule has 1 atom stereocenters. The predicted molar refractivity (Wildman–Crippen MR) is 104 cm³/mol. The number of halogens is 1. The molecular weight excluding hydrogens is 390 g/mol. The van der Waals surface area contributed by atoms with Gasteiger partial charge in [0.2, 0.25) is 10.0 Å². The summed E-state index contributed by atoms with van der Waals surface area (Å²) in [5, 5.41) is 1.18. The van der Waals surface area contributed by atoms with E-state index >= 15 is 0 Å². The van der Waals surface area contributed by atoms with Gasteiger partial charge in [-0.15, -0.1) is 11.3 Å². The van der Waals surface area contributed by atoms with Crippen LogP contribution in [0.4, 0.5) is 0 Å². The predicted octanol–water partition coefficient (Wildman–Crippen LogP) is 4.39. The molecule has 4 rings (SSSR count). The van der Waals surface area contributed by atoms with Crippen molar-refractivity contribution in [1.82, 2.24) is 14.7 Å². The maximum atomic E-state index is 13.2. The lowest BCUT2D eigenvalue weighted by Gasteiger charge is -2.17. The molecule has 0 bridgehead atoms. The van der Waals surface area contributed by atoms with Gasteiger partial charge in [-0.25, -0.2) is 23.1 Å². The summed E-state index contributed by atoms with van der Waals surface area (Å²) in [4.78, 5) is 9.80. The summed E-state index contributed by atoms with van der Waals surface area (Å²) in [7, 11) is -3.73. The molecule has 2 heterocycles. The van der Waals surface area contributed by atoms with Crippen LogP contribution >= 0.6 is 22.9 Å². The number of hydrogen-bond acceptors (Lipinski definition) is 5. The van der Waals surface area contributed by atoms with Gasteiger partial charge >= 0.3 is 0 Å². The fourth-order valence-electron chi connectivity index (χ4n) is 3.14. The highest BCUT2D eigenvalue weighted by atomic mass is 35.5. The Bertz CT molecular complexity index is 1090. The van der Waals surface area contributed by atoms with E-state index in [9.17, 15) is 8.42 Å². The monoisotopic (exact) mass is 407 g/mol. The smallest absolute Gasteiger partial charge is 0.240 e. The molecule has 5 nitrogen and oxygen atoms in total. The van der Waals surface area contributed by atoms with E-state index < -0.39 is 16.1 Å². The van der Waals surface area contributed by atoms with Gasteiger partial charge in [0, 0.05) is 31.9 Å². The van der Waals surface area contributed by atoms with Gasteiger partial charge in [-0.05, 0) is 56.9 Å². The highest BCUT2D eigenvalue weighted by Crippen LogP contribution is 2.42. The number of benzene rings is 1. The number of thiophene rings is 1. The summed E-state index contributed by atoms with van der Waals surface area (Å²) >= 11 is 7.55. The van der Waals surface area contributed by atoms with Crippen LogP contribution in [0.3, 0.4) is 0 Å². The lowest BCUT2D eigenvalue weighted by atomic mass is 10.2. The van der Waals surface area contributed by atoms with Crippen molar-refractivity contribution < 1.29 is 8.42 Å². The SMILES string of the molecule is Cc1ccnc([C@H](NS(=O)(=O)c2c(C)sc3ccc(Cl)cc23)C2CC2)n1. The molecule has 1 saturated carbocycles. The van der Waals surface area contributed by atoms with Gasteiger partial charge in [-0.1, -0.05) is 11.6 Å². The second-order valence-electron chi connectivity index (χ2n) is 6.62. The normalized spacial score (nSPS) is 16.1. The van der Waals surface area contributed by atoms with Gasteiger partial charge in [0.15, 0.2) is 0 Å². The molecule has 3 aromatic rings. The lowest BCUT2D eigenvalue weighted by Crippen LogP contribution is -2.31. The second-order valence-corrected chi connectivity index (χ2v) is 9.96. The van der Waals surface area contributed by atoms with Crippen LogP contribution in [-0.2, 0) is 10.0 Å². The molecule has 136 valence electrons. The zero-order valence-electron chi connectivity index (χ0n) is 14.4. The second kappa shape index (κ2) is 6.56. The first kappa shape index (κ1) is 17.9. The molecule has 0 radical (unpaired) electrons. The number of nitrogens with one attached hydrogen (secondary N) is 1. The summed E-state index contributed by atoms with van der Waals surface area (Å²) in [6.45, 7) is 3.70. The number of aryl methyl sites for hydroxylation is 2. The van der Waals surface area contributed by atoms with Crippen LogP contribution in [-0.4, -0.2) is 18.4 Å². The Morgan fingerprint density at radius 3 is 2.73 bits per heavy atom. The molecule has 1 aliphatic carbocycles. The number of nitrogens with zero attached hydrogens (tertiary/aromatic N) is 2. The van der Waals surface area contributed by atoms with Gasteiger partial charge in [-0.2, -0.15) is 0 Å². The minimum atomic E-state index is -3.73. The number of aromatic nitrogens is 2. The number of rotatable bonds is 5. The van der Waals surface area contributed by atoms with Crippen LogP contribution in [0.2, 0.25) is 5.02 Å². The molecule has 1 N–H and O–H groups in total. The van der Waals surface area contributed by atoms with Crippen molar-refractivity contribution in [2.45, 2.75) is 37.6 Å². The molecule has 2 aromatic heterocycles. The van der Waals surface area contributed by atoms with Crippen molar-refractivity contribution in [3.63, 3.8) is 0 Å². The molecule has 0 unspecified atom stereocenters. The van der Waals surface area contributed by atoms with Crippen molar-refractivity contribution in [3.05, 3.63) is 51.9 Å². The van der Waals surface area contributed by atoms with Crippen molar-refractivity contribution in [3.8, 4) is 0 Å². The summed E-state index contributed by atoms with van der Waals surface area (Å²) in [5.41, 5.74) is 0.823. The average molecular weight is 408 g/mol. The summed E-state index contributed by atoms with van der Waals surface area (Å²) in [6.07, 6.45) is 3.62. The third-order valence-electron chi connectivity index (χ3n) is 4.50. The fourth-order valence-corrected chi connectivity index (χ4v) is 6.35. The Morgan fingerprint density at radius 1 is 1.27 bits per heavy atom. The maximum Gasteiger partial charge on any atom is 0.242 e. The fraction of sp³-hybridized carbons (Fsp3) is 0.333. The Labute approximate surface area is 161 Å². The summed E-state index contributed by atoms with van der Waals surface area (Å²) in [5.74, 6) is 0.770. The number of hydrogen-bond donors (Lipinski definition) is 1. The van der Waals surface area contributed by atoms with Crippen LogP contribution in [0.15, 0.2) is 35.4 Å². The zero-order chi connectivity index (χ0) is 18.5. The largest absolute Gasteiger partial charge is 0.242 e. The van der Waals surface area contributed by atoms with E-state index in [0.717, 1.165) is 28.1 Å². The molecule has 1 aliphatic rings.